The fourth-order valence-corrected chi connectivity index (χ4v) is 5.81. The van der Waals surface area contributed by atoms with Gasteiger partial charge in [0, 0.05) is 11.6 Å². The van der Waals surface area contributed by atoms with Crippen LogP contribution in [0.5, 0.6) is 23.1 Å². The normalized spacial score (nSPS) is 11.6. The average Bonchev–Trinajstić information content (AvgIpc) is 3.48. The summed E-state index contributed by atoms with van der Waals surface area (Å²) in [4.78, 5) is 21.1. The number of halogens is 1. The zero-order valence-corrected chi connectivity index (χ0v) is 25.2. The fourth-order valence-electron chi connectivity index (χ4n) is 3.87. The predicted octanol–water partition coefficient (Wildman–Crippen LogP) is 6.06. The molecular weight excluding hydrogens is 586 g/mol. The van der Waals surface area contributed by atoms with Crippen molar-refractivity contribution in [1.82, 2.24) is 9.97 Å². The zero-order valence-electron chi connectivity index (χ0n) is 23.7. The van der Waals surface area contributed by atoms with Gasteiger partial charge in [0.05, 0.1) is 28.9 Å². The van der Waals surface area contributed by atoms with Crippen LogP contribution >= 0.6 is 11.6 Å². The maximum atomic E-state index is 14.1. The molecule has 4 rings (SSSR count). The van der Waals surface area contributed by atoms with Gasteiger partial charge in [-0.05, 0) is 58.0 Å². The first-order valence-electron chi connectivity index (χ1n) is 12.7. The number of methoxy groups -OCH3 is 1. The predicted molar refractivity (Wildman–Crippen MR) is 155 cm³/mol. The third-order valence-electron chi connectivity index (χ3n) is 5.67. The lowest BCUT2D eigenvalue weighted by Gasteiger charge is -2.36. The number of hydrogen-bond donors (Lipinski definition) is 0. The first kappa shape index (κ1) is 30.7. The van der Waals surface area contributed by atoms with Crippen molar-refractivity contribution in [3.05, 3.63) is 83.5 Å². The first-order chi connectivity index (χ1) is 19.9. The summed E-state index contributed by atoms with van der Waals surface area (Å²) in [7, 11) is -2.69. The number of ether oxygens (including phenoxy) is 4. The molecule has 0 saturated heterocycles. The van der Waals surface area contributed by atoms with Crippen molar-refractivity contribution >= 4 is 33.4 Å². The van der Waals surface area contributed by atoms with Crippen LogP contribution in [0, 0.1) is 6.92 Å². The second kappa shape index (κ2) is 12.7. The molecule has 11 nitrogen and oxygen atoms in total. The Bertz CT molecular complexity index is 1640. The van der Waals surface area contributed by atoms with Crippen LogP contribution in [-0.2, 0) is 14.8 Å². The molecule has 13 heteroatoms. The lowest BCUT2D eigenvalue weighted by atomic mass is 10.1. The van der Waals surface area contributed by atoms with Crippen molar-refractivity contribution in [2.45, 2.75) is 38.1 Å². The molecule has 4 aromatic rings. The summed E-state index contributed by atoms with van der Waals surface area (Å²) in [6.45, 7) is 6.48. The van der Waals surface area contributed by atoms with E-state index >= 15 is 0 Å². The van der Waals surface area contributed by atoms with Crippen LogP contribution in [0.4, 0.5) is 5.82 Å². The summed E-state index contributed by atoms with van der Waals surface area (Å²) in [6.07, 6.45) is 2.62. The van der Waals surface area contributed by atoms with E-state index in [0.29, 0.717) is 5.75 Å². The summed E-state index contributed by atoms with van der Waals surface area (Å²) >= 11 is 6.45. The Morgan fingerprint density at radius 1 is 1.05 bits per heavy atom. The number of anilines is 1. The number of hydrogen-bond acceptors (Lipinski definition) is 10. The van der Waals surface area contributed by atoms with Crippen molar-refractivity contribution in [1.29, 1.82) is 0 Å². The van der Waals surface area contributed by atoms with Gasteiger partial charge < -0.3 is 23.4 Å². The molecule has 2 heterocycles. The number of aromatic nitrogens is 2. The molecule has 0 radical (unpaired) electrons. The molecule has 0 fully saturated rings. The quantitative estimate of drug-likeness (QED) is 0.145. The molecule has 0 aliphatic heterocycles. The van der Waals surface area contributed by atoms with Gasteiger partial charge >= 0.3 is 5.97 Å². The molecule has 2 aromatic carbocycles. The highest BCUT2D eigenvalue weighted by molar-refractivity contribution is 7.92. The van der Waals surface area contributed by atoms with Gasteiger partial charge in [0.2, 0.25) is 5.75 Å². The van der Waals surface area contributed by atoms with Gasteiger partial charge in [0.15, 0.2) is 5.82 Å². The molecule has 0 saturated carbocycles. The van der Waals surface area contributed by atoms with Crippen molar-refractivity contribution in [2.75, 3.05) is 24.6 Å². The van der Waals surface area contributed by atoms with E-state index in [4.69, 9.17) is 35.0 Å². The highest BCUT2D eigenvalue weighted by atomic mass is 35.5. The molecule has 222 valence electrons. The Labute approximate surface area is 249 Å². The minimum Gasteiger partial charge on any atom is -0.497 e. The summed E-state index contributed by atoms with van der Waals surface area (Å²) in [5.41, 5.74) is -0.776. The topological polar surface area (TPSA) is 130 Å². The molecule has 0 aliphatic carbocycles. The van der Waals surface area contributed by atoms with Gasteiger partial charge in [-0.3, -0.25) is 0 Å². The lowest BCUT2D eigenvalue weighted by Crippen LogP contribution is -2.46. The summed E-state index contributed by atoms with van der Waals surface area (Å²) in [5.74, 6) is -0.0896. The third kappa shape index (κ3) is 6.94. The molecule has 0 bridgehead atoms. The zero-order chi connectivity index (χ0) is 30.5. The summed E-state index contributed by atoms with van der Waals surface area (Å²) in [5, 5.41) is 0.218. The molecule has 0 unspecified atom stereocenters. The Morgan fingerprint density at radius 3 is 2.43 bits per heavy atom. The average molecular weight is 616 g/mol. The number of benzene rings is 2. The van der Waals surface area contributed by atoms with Gasteiger partial charge in [-0.1, -0.05) is 29.8 Å². The summed E-state index contributed by atoms with van der Waals surface area (Å²) < 4.78 is 56.9. The number of aryl methyl sites for hydroxylation is 1. The van der Waals surface area contributed by atoms with E-state index in [2.05, 4.69) is 9.97 Å². The van der Waals surface area contributed by atoms with Crippen molar-refractivity contribution in [2.24, 2.45) is 0 Å². The SMILES string of the molecule is COc1ccc(Cl)c(Oc2c(OCCOC(=O)c3ccoc3)nc(C)nc2N(C(C)(C)C)S(=O)(=O)c2ccccc2)c1. The van der Waals surface area contributed by atoms with E-state index < -0.39 is 21.5 Å². The van der Waals surface area contributed by atoms with Crippen LogP contribution in [0.1, 0.15) is 37.0 Å². The van der Waals surface area contributed by atoms with Gasteiger partial charge in [-0.2, -0.15) is 4.98 Å². The van der Waals surface area contributed by atoms with Gasteiger partial charge in [0.25, 0.3) is 15.9 Å². The van der Waals surface area contributed by atoms with Crippen molar-refractivity contribution in [3.8, 4) is 23.1 Å². The van der Waals surface area contributed by atoms with E-state index in [9.17, 15) is 13.2 Å². The Hall–Kier alpha value is -4.29. The summed E-state index contributed by atoms with van der Waals surface area (Å²) in [6, 6.07) is 14.2. The minimum atomic E-state index is -4.17. The first-order valence-corrected chi connectivity index (χ1v) is 14.6. The van der Waals surface area contributed by atoms with E-state index in [1.807, 2.05) is 0 Å². The van der Waals surface area contributed by atoms with Crippen molar-refractivity contribution in [3.63, 3.8) is 0 Å². The maximum absolute atomic E-state index is 14.1. The number of rotatable bonds is 11. The lowest BCUT2D eigenvalue weighted by molar-refractivity contribution is 0.0445. The van der Waals surface area contributed by atoms with Crippen molar-refractivity contribution < 1.29 is 36.6 Å². The van der Waals surface area contributed by atoms with E-state index in [1.165, 1.54) is 43.9 Å². The minimum absolute atomic E-state index is 0.0511. The number of carbonyl (C=O) groups excluding carboxylic acids is 1. The van der Waals surface area contributed by atoms with Crippen LogP contribution in [0.25, 0.3) is 0 Å². The van der Waals surface area contributed by atoms with Crippen LogP contribution in [0.3, 0.4) is 0 Å². The van der Waals surface area contributed by atoms with E-state index in [1.54, 1.807) is 58.0 Å². The monoisotopic (exact) mass is 615 g/mol. The second-order valence-corrected chi connectivity index (χ2v) is 12.1. The van der Waals surface area contributed by atoms with E-state index in [0.717, 1.165) is 4.31 Å². The standard InChI is InChI=1S/C29H30ClN3O8S/c1-19-31-26(33(29(2,3)4)42(35,36)22-9-7-6-8-10-22)25(41-24-17-21(37-5)11-12-23(24)30)27(32-19)39-15-16-40-28(34)20-13-14-38-18-20/h6-14,17-18H,15-16H2,1-5H3. The second-order valence-electron chi connectivity index (χ2n) is 9.88. The highest BCUT2D eigenvalue weighted by Crippen LogP contribution is 2.45. The maximum Gasteiger partial charge on any atom is 0.341 e. The number of esters is 1. The molecule has 0 aliphatic rings. The highest BCUT2D eigenvalue weighted by Gasteiger charge is 2.39. The molecular formula is C29H30ClN3O8S. The van der Waals surface area contributed by atoms with E-state index in [-0.39, 0.29) is 57.7 Å². The Balaban J connectivity index is 1.80. The molecule has 0 N–H and O–H groups in total. The molecule has 2 aromatic heterocycles. The number of carbonyl (C=O) groups is 1. The van der Waals surface area contributed by atoms with Crippen LogP contribution < -0.4 is 18.5 Å². The van der Waals surface area contributed by atoms with Gasteiger partial charge in [-0.15, -0.1) is 0 Å². The smallest absolute Gasteiger partial charge is 0.341 e. The molecule has 0 atom stereocenters. The molecule has 0 amide bonds. The Kier molecular flexibility index (Phi) is 9.27. The van der Waals surface area contributed by atoms with Crippen LogP contribution in [0.2, 0.25) is 5.02 Å². The van der Waals surface area contributed by atoms with Crippen LogP contribution in [-0.4, -0.2) is 50.2 Å². The fraction of sp³-hybridized carbons (Fsp3) is 0.276. The van der Waals surface area contributed by atoms with Crippen LogP contribution in [0.15, 0.2) is 76.4 Å². The number of nitrogens with zero attached hydrogens (tertiary/aromatic N) is 3. The Morgan fingerprint density at radius 2 is 1.79 bits per heavy atom. The molecule has 42 heavy (non-hydrogen) atoms. The third-order valence-corrected chi connectivity index (χ3v) is 8.06. The largest absolute Gasteiger partial charge is 0.497 e. The molecule has 0 spiro atoms. The van der Waals surface area contributed by atoms with Gasteiger partial charge in [-0.25, -0.2) is 22.5 Å². The number of furan rings is 1. The number of sulfonamides is 1. The van der Waals surface area contributed by atoms with Gasteiger partial charge in [0.1, 0.15) is 36.8 Å².